The molecule has 0 aliphatic heterocycles. The summed E-state index contributed by atoms with van der Waals surface area (Å²) in [5, 5.41) is 22.0. The third-order valence-electron chi connectivity index (χ3n) is 5.30. The lowest BCUT2D eigenvalue weighted by Gasteiger charge is -2.17. The fraction of sp³-hybridized carbons (Fsp3) is 0.0870. The summed E-state index contributed by atoms with van der Waals surface area (Å²) in [6.45, 7) is 1.73. The fourth-order valence-corrected chi connectivity index (χ4v) is 3.91. The first kappa shape index (κ1) is 17.1. The lowest BCUT2D eigenvalue weighted by atomic mass is 9.87. The number of nitrogens with one attached hydrogen (secondary N) is 1. The number of phenols is 1. The van der Waals surface area contributed by atoms with E-state index in [1.807, 2.05) is 24.3 Å². The predicted octanol–water partition coefficient (Wildman–Crippen LogP) is 5.40. The molecule has 5 nitrogen and oxygen atoms in total. The van der Waals surface area contributed by atoms with Crippen molar-refractivity contribution < 1.29 is 9.50 Å². The molecule has 2 heterocycles. The minimum Gasteiger partial charge on any atom is -0.508 e. The number of rotatable bonds is 2. The van der Waals surface area contributed by atoms with E-state index < -0.39 is 11.7 Å². The molecule has 29 heavy (non-hydrogen) atoms. The minimum atomic E-state index is -0.566. The Kier molecular flexibility index (Phi) is 3.71. The van der Waals surface area contributed by atoms with Gasteiger partial charge in [0.05, 0.1) is 30.0 Å². The standard InChI is InChI=1S/C23H15FN4O/c1-12(9-25)16-8-18-22-19(27-11-28-22)10-26-23(18)21(24)20(16)17-7-14(29)6-13-4-2-3-5-15(13)17/h2-8,10-12,29H,1H3,(H,27,28). The van der Waals surface area contributed by atoms with Gasteiger partial charge in [-0.3, -0.25) is 4.98 Å². The first-order chi connectivity index (χ1) is 14.1. The number of halogens is 1. The average molecular weight is 382 g/mol. The number of hydrogen-bond acceptors (Lipinski definition) is 4. The number of H-pyrrole nitrogens is 1. The van der Waals surface area contributed by atoms with Crippen LogP contribution in [-0.4, -0.2) is 20.1 Å². The molecule has 5 rings (SSSR count). The molecule has 3 aromatic carbocycles. The van der Waals surface area contributed by atoms with Crippen LogP contribution < -0.4 is 0 Å². The number of aromatic nitrogens is 3. The maximum atomic E-state index is 15.9. The summed E-state index contributed by atoms with van der Waals surface area (Å²) in [5.41, 5.74) is 2.85. The number of imidazole rings is 1. The molecule has 2 aromatic heterocycles. The Bertz CT molecular complexity index is 1470. The summed E-state index contributed by atoms with van der Waals surface area (Å²) < 4.78 is 15.9. The van der Waals surface area contributed by atoms with Gasteiger partial charge in [-0.15, -0.1) is 0 Å². The zero-order valence-electron chi connectivity index (χ0n) is 15.4. The molecule has 0 saturated heterocycles. The second-order valence-corrected chi connectivity index (χ2v) is 7.04. The van der Waals surface area contributed by atoms with E-state index in [-0.39, 0.29) is 16.8 Å². The van der Waals surface area contributed by atoms with Gasteiger partial charge >= 0.3 is 0 Å². The number of benzene rings is 3. The molecule has 0 radical (unpaired) electrons. The highest BCUT2D eigenvalue weighted by Crippen LogP contribution is 2.41. The van der Waals surface area contributed by atoms with Crippen LogP contribution in [0.3, 0.4) is 0 Å². The number of pyridine rings is 1. The number of hydrogen-bond donors (Lipinski definition) is 2. The monoisotopic (exact) mass is 382 g/mol. The Morgan fingerprint density at radius 2 is 1.97 bits per heavy atom. The van der Waals surface area contributed by atoms with Gasteiger partial charge in [-0.1, -0.05) is 24.3 Å². The molecule has 5 aromatic rings. The van der Waals surface area contributed by atoms with Crippen LogP contribution in [0.25, 0.3) is 43.8 Å². The van der Waals surface area contributed by atoms with Gasteiger partial charge in [-0.25, -0.2) is 9.37 Å². The van der Waals surface area contributed by atoms with Crippen LogP contribution in [-0.2, 0) is 0 Å². The summed E-state index contributed by atoms with van der Waals surface area (Å²) in [7, 11) is 0. The number of aromatic amines is 1. The van der Waals surface area contributed by atoms with Crippen molar-refractivity contribution in [3.63, 3.8) is 0 Å². The maximum absolute atomic E-state index is 15.9. The Balaban J connectivity index is 1.97. The zero-order chi connectivity index (χ0) is 20.1. The first-order valence-corrected chi connectivity index (χ1v) is 9.14. The largest absolute Gasteiger partial charge is 0.508 e. The van der Waals surface area contributed by atoms with Crippen LogP contribution in [0.2, 0.25) is 0 Å². The van der Waals surface area contributed by atoms with Gasteiger partial charge in [0.15, 0.2) is 5.82 Å². The molecule has 6 heteroatoms. The first-order valence-electron chi connectivity index (χ1n) is 9.14. The fourth-order valence-electron chi connectivity index (χ4n) is 3.91. The second kappa shape index (κ2) is 6.28. The van der Waals surface area contributed by atoms with Crippen molar-refractivity contribution in [2.24, 2.45) is 0 Å². The minimum absolute atomic E-state index is 0.0331. The zero-order valence-corrected chi connectivity index (χ0v) is 15.4. The van der Waals surface area contributed by atoms with E-state index in [0.717, 1.165) is 10.8 Å². The van der Waals surface area contributed by atoms with E-state index in [0.29, 0.717) is 27.5 Å². The van der Waals surface area contributed by atoms with Crippen molar-refractivity contribution in [2.45, 2.75) is 12.8 Å². The molecule has 0 amide bonds. The van der Waals surface area contributed by atoms with E-state index in [1.54, 1.807) is 19.1 Å². The number of nitrogens with zero attached hydrogens (tertiary/aromatic N) is 3. The van der Waals surface area contributed by atoms with Crippen LogP contribution in [0.1, 0.15) is 18.4 Å². The third-order valence-corrected chi connectivity index (χ3v) is 5.30. The SMILES string of the molecule is CC(C#N)c1cc2c(ncc3nc[nH]c32)c(F)c1-c1cc(O)cc2ccccc12. The molecule has 0 saturated carbocycles. The second-order valence-electron chi connectivity index (χ2n) is 7.04. The molecule has 1 atom stereocenters. The number of nitriles is 1. The van der Waals surface area contributed by atoms with Gasteiger partial charge in [0, 0.05) is 10.9 Å². The van der Waals surface area contributed by atoms with Gasteiger partial charge in [-0.05, 0) is 47.0 Å². The van der Waals surface area contributed by atoms with Gasteiger partial charge in [0.1, 0.15) is 16.8 Å². The highest BCUT2D eigenvalue weighted by molar-refractivity contribution is 6.06. The molecule has 2 N–H and O–H groups in total. The van der Waals surface area contributed by atoms with Crippen molar-refractivity contribution in [3.05, 3.63) is 66.4 Å². The molecule has 0 bridgehead atoms. The summed E-state index contributed by atoms with van der Waals surface area (Å²) in [5.74, 6) is -1.05. The average Bonchev–Trinajstić information content (AvgIpc) is 3.21. The Morgan fingerprint density at radius 1 is 1.14 bits per heavy atom. The Morgan fingerprint density at radius 3 is 2.79 bits per heavy atom. The highest BCUT2D eigenvalue weighted by atomic mass is 19.1. The van der Waals surface area contributed by atoms with Crippen LogP contribution >= 0.6 is 0 Å². The van der Waals surface area contributed by atoms with Crippen LogP contribution in [0, 0.1) is 17.1 Å². The number of phenolic OH excluding ortho intramolecular Hbond substituents is 1. The molecular formula is C23H15FN4O. The van der Waals surface area contributed by atoms with Crippen LogP contribution in [0.4, 0.5) is 4.39 Å². The van der Waals surface area contributed by atoms with E-state index in [2.05, 4.69) is 21.0 Å². The lowest BCUT2D eigenvalue weighted by Crippen LogP contribution is -2.01. The van der Waals surface area contributed by atoms with E-state index in [4.69, 9.17) is 0 Å². The summed E-state index contributed by atoms with van der Waals surface area (Å²) in [6, 6.07) is 14.6. The van der Waals surface area contributed by atoms with Crippen LogP contribution in [0.15, 0.2) is 55.0 Å². The smallest absolute Gasteiger partial charge is 0.157 e. The topological polar surface area (TPSA) is 85.6 Å². The quantitative estimate of drug-likeness (QED) is 0.428. The Labute approximate surface area is 165 Å². The molecule has 0 aliphatic carbocycles. The summed E-state index contributed by atoms with van der Waals surface area (Å²) >= 11 is 0. The van der Waals surface area contributed by atoms with Crippen molar-refractivity contribution in [3.8, 4) is 22.9 Å². The van der Waals surface area contributed by atoms with E-state index in [1.165, 1.54) is 18.6 Å². The molecule has 0 aliphatic rings. The third kappa shape index (κ3) is 2.52. The maximum Gasteiger partial charge on any atom is 0.157 e. The predicted molar refractivity (Wildman–Crippen MR) is 110 cm³/mol. The molecule has 1 unspecified atom stereocenters. The lowest BCUT2D eigenvalue weighted by molar-refractivity contribution is 0.476. The van der Waals surface area contributed by atoms with Crippen molar-refractivity contribution >= 4 is 32.7 Å². The highest BCUT2D eigenvalue weighted by Gasteiger charge is 2.23. The summed E-state index contributed by atoms with van der Waals surface area (Å²) in [6.07, 6.45) is 3.06. The normalized spacial score (nSPS) is 12.4. The van der Waals surface area contributed by atoms with Crippen molar-refractivity contribution in [1.29, 1.82) is 5.26 Å². The van der Waals surface area contributed by atoms with E-state index in [9.17, 15) is 10.4 Å². The molecular weight excluding hydrogens is 367 g/mol. The Hall–Kier alpha value is -3.98. The number of aromatic hydroxyl groups is 1. The summed E-state index contributed by atoms with van der Waals surface area (Å²) in [4.78, 5) is 11.5. The van der Waals surface area contributed by atoms with Crippen molar-refractivity contribution in [2.75, 3.05) is 0 Å². The molecule has 0 spiro atoms. The van der Waals surface area contributed by atoms with Crippen molar-refractivity contribution in [1.82, 2.24) is 15.0 Å². The van der Waals surface area contributed by atoms with E-state index >= 15 is 4.39 Å². The molecule has 0 fully saturated rings. The van der Waals surface area contributed by atoms with Crippen LogP contribution in [0.5, 0.6) is 5.75 Å². The van der Waals surface area contributed by atoms with Gasteiger partial charge in [0.2, 0.25) is 0 Å². The van der Waals surface area contributed by atoms with Gasteiger partial charge in [0.25, 0.3) is 0 Å². The number of fused-ring (bicyclic) bond motifs is 4. The van der Waals surface area contributed by atoms with Gasteiger partial charge < -0.3 is 10.1 Å². The molecule has 140 valence electrons. The van der Waals surface area contributed by atoms with Gasteiger partial charge in [-0.2, -0.15) is 5.26 Å².